The number of carbonyl (C=O) groups is 2. The van der Waals surface area contributed by atoms with E-state index in [-0.39, 0.29) is 24.1 Å². The van der Waals surface area contributed by atoms with Gasteiger partial charge in [-0.3, -0.25) is 9.59 Å². The van der Waals surface area contributed by atoms with Crippen LogP contribution < -0.4 is 0 Å². The molecule has 0 saturated heterocycles. The summed E-state index contributed by atoms with van der Waals surface area (Å²) in [5.41, 5.74) is 1.87. The van der Waals surface area contributed by atoms with Crippen LogP contribution in [0.5, 0.6) is 0 Å². The van der Waals surface area contributed by atoms with Gasteiger partial charge >= 0.3 is 5.97 Å². The highest BCUT2D eigenvalue weighted by Crippen LogP contribution is 2.27. The van der Waals surface area contributed by atoms with E-state index < -0.39 is 0 Å². The Labute approximate surface area is 101 Å². The highest BCUT2D eigenvalue weighted by molar-refractivity contribution is 6.01. The second-order valence-electron chi connectivity index (χ2n) is 4.27. The molecule has 2 rings (SSSR count). The van der Waals surface area contributed by atoms with E-state index >= 15 is 0 Å². The van der Waals surface area contributed by atoms with Crippen LogP contribution in [0.1, 0.15) is 35.7 Å². The van der Waals surface area contributed by atoms with Gasteiger partial charge in [-0.15, -0.1) is 0 Å². The molecular formula is C14H16O3. The molecule has 90 valence electrons. The third-order valence-corrected chi connectivity index (χ3v) is 3.13. The van der Waals surface area contributed by atoms with Crippen LogP contribution in [0, 0.1) is 5.92 Å². The molecular weight excluding hydrogens is 216 g/mol. The monoisotopic (exact) mass is 232 g/mol. The number of Topliss-reactive ketones (excluding diaryl/α,β-unsaturated/α-hetero) is 1. The molecule has 0 radical (unpaired) electrons. The summed E-state index contributed by atoms with van der Waals surface area (Å²) in [5.74, 6) is -0.394. The van der Waals surface area contributed by atoms with Crippen LogP contribution in [0.4, 0.5) is 0 Å². The number of hydrogen-bond acceptors (Lipinski definition) is 3. The van der Waals surface area contributed by atoms with Gasteiger partial charge in [0.05, 0.1) is 13.0 Å². The highest BCUT2D eigenvalue weighted by Gasteiger charge is 2.29. The van der Waals surface area contributed by atoms with E-state index in [1.54, 1.807) is 6.92 Å². The SMILES string of the molecule is CCOC(=O)CC1CCc2ccccc2C1=O. The average molecular weight is 232 g/mol. The van der Waals surface area contributed by atoms with Gasteiger partial charge < -0.3 is 4.74 Å². The Hall–Kier alpha value is -1.64. The molecule has 0 saturated carbocycles. The minimum Gasteiger partial charge on any atom is -0.466 e. The lowest BCUT2D eigenvalue weighted by atomic mass is 9.81. The molecule has 1 aliphatic carbocycles. The number of carbonyl (C=O) groups excluding carboxylic acids is 2. The van der Waals surface area contributed by atoms with Gasteiger partial charge in [-0.2, -0.15) is 0 Å². The molecule has 0 N–H and O–H groups in total. The Bertz CT molecular complexity index is 437. The molecule has 17 heavy (non-hydrogen) atoms. The van der Waals surface area contributed by atoms with Gasteiger partial charge in [0.25, 0.3) is 0 Å². The van der Waals surface area contributed by atoms with Crippen molar-refractivity contribution in [3.05, 3.63) is 35.4 Å². The summed E-state index contributed by atoms with van der Waals surface area (Å²) >= 11 is 0. The summed E-state index contributed by atoms with van der Waals surface area (Å²) < 4.78 is 4.89. The van der Waals surface area contributed by atoms with Crippen LogP contribution in [-0.2, 0) is 16.0 Å². The fourth-order valence-corrected chi connectivity index (χ4v) is 2.28. The Morgan fingerprint density at radius 2 is 2.18 bits per heavy atom. The highest BCUT2D eigenvalue weighted by atomic mass is 16.5. The Kier molecular flexibility index (Phi) is 3.57. The fraction of sp³-hybridized carbons (Fsp3) is 0.429. The molecule has 3 nitrogen and oxygen atoms in total. The first-order chi connectivity index (χ1) is 8.22. The fourth-order valence-electron chi connectivity index (χ4n) is 2.28. The van der Waals surface area contributed by atoms with Crippen LogP contribution in [0.2, 0.25) is 0 Å². The summed E-state index contributed by atoms with van der Waals surface area (Å²) in [6.45, 7) is 2.15. The van der Waals surface area contributed by atoms with Gasteiger partial charge in [-0.05, 0) is 25.3 Å². The molecule has 0 amide bonds. The van der Waals surface area contributed by atoms with Crippen molar-refractivity contribution in [3.63, 3.8) is 0 Å². The van der Waals surface area contributed by atoms with Crippen molar-refractivity contribution in [2.45, 2.75) is 26.2 Å². The quantitative estimate of drug-likeness (QED) is 0.751. The van der Waals surface area contributed by atoms with Gasteiger partial charge in [-0.25, -0.2) is 0 Å². The van der Waals surface area contributed by atoms with Gasteiger partial charge in [0.2, 0.25) is 0 Å². The van der Waals surface area contributed by atoms with E-state index in [1.807, 2.05) is 24.3 Å². The maximum Gasteiger partial charge on any atom is 0.306 e. The minimum atomic E-state index is -0.273. The van der Waals surface area contributed by atoms with Crippen molar-refractivity contribution >= 4 is 11.8 Å². The second-order valence-corrected chi connectivity index (χ2v) is 4.27. The van der Waals surface area contributed by atoms with Gasteiger partial charge in [-0.1, -0.05) is 24.3 Å². The lowest BCUT2D eigenvalue weighted by molar-refractivity contribution is -0.143. The molecule has 0 fully saturated rings. The Balaban J connectivity index is 2.10. The first kappa shape index (κ1) is 11.8. The molecule has 1 unspecified atom stereocenters. The zero-order valence-corrected chi connectivity index (χ0v) is 9.94. The summed E-state index contributed by atoms with van der Waals surface area (Å²) in [6, 6.07) is 7.63. The van der Waals surface area contributed by atoms with E-state index in [1.165, 1.54) is 0 Å². The van der Waals surface area contributed by atoms with Crippen molar-refractivity contribution in [2.24, 2.45) is 5.92 Å². The van der Waals surface area contributed by atoms with Gasteiger partial charge in [0, 0.05) is 11.5 Å². The molecule has 0 bridgehead atoms. The molecule has 0 heterocycles. The molecule has 0 aliphatic heterocycles. The number of benzene rings is 1. The summed E-state index contributed by atoms with van der Waals surface area (Å²) in [5, 5.41) is 0. The summed E-state index contributed by atoms with van der Waals surface area (Å²) in [6.07, 6.45) is 1.82. The van der Waals surface area contributed by atoms with Crippen molar-refractivity contribution in [1.82, 2.24) is 0 Å². The Morgan fingerprint density at radius 3 is 2.94 bits per heavy atom. The van der Waals surface area contributed by atoms with Gasteiger partial charge in [0.1, 0.15) is 0 Å². The van der Waals surface area contributed by atoms with E-state index in [0.29, 0.717) is 6.61 Å². The topological polar surface area (TPSA) is 43.4 Å². The van der Waals surface area contributed by atoms with E-state index in [4.69, 9.17) is 4.74 Å². The Morgan fingerprint density at radius 1 is 1.41 bits per heavy atom. The van der Waals surface area contributed by atoms with Crippen molar-refractivity contribution in [2.75, 3.05) is 6.61 Å². The predicted molar refractivity (Wildman–Crippen MR) is 63.8 cm³/mol. The number of fused-ring (bicyclic) bond motifs is 1. The molecule has 0 aromatic heterocycles. The van der Waals surface area contributed by atoms with Crippen LogP contribution in [0.3, 0.4) is 0 Å². The molecule has 1 aromatic carbocycles. The lowest BCUT2D eigenvalue weighted by Gasteiger charge is -2.22. The lowest BCUT2D eigenvalue weighted by Crippen LogP contribution is -2.25. The van der Waals surface area contributed by atoms with E-state index in [2.05, 4.69) is 0 Å². The standard InChI is InChI=1S/C14H16O3/c1-2-17-13(15)9-11-8-7-10-5-3-4-6-12(10)14(11)16/h3-6,11H,2,7-9H2,1H3. The summed E-state index contributed by atoms with van der Waals surface area (Å²) in [4.78, 5) is 23.5. The predicted octanol–water partition coefficient (Wildman–Crippen LogP) is 2.38. The largest absolute Gasteiger partial charge is 0.466 e. The van der Waals surface area contributed by atoms with Gasteiger partial charge in [0.15, 0.2) is 5.78 Å². The number of ketones is 1. The first-order valence-corrected chi connectivity index (χ1v) is 6.00. The van der Waals surface area contributed by atoms with Crippen molar-refractivity contribution in [1.29, 1.82) is 0 Å². The molecule has 0 spiro atoms. The number of rotatable bonds is 3. The van der Waals surface area contributed by atoms with Crippen molar-refractivity contribution < 1.29 is 14.3 Å². The molecule has 1 aromatic rings. The summed E-state index contributed by atoms with van der Waals surface area (Å²) in [7, 11) is 0. The first-order valence-electron chi connectivity index (χ1n) is 6.00. The molecule has 1 aliphatic rings. The van der Waals surface area contributed by atoms with Crippen LogP contribution in [-0.4, -0.2) is 18.4 Å². The van der Waals surface area contributed by atoms with Crippen LogP contribution in [0.15, 0.2) is 24.3 Å². The minimum absolute atomic E-state index is 0.0832. The maximum absolute atomic E-state index is 12.1. The second kappa shape index (κ2) is 5.13. The third-order valence-electron chi connectivity index (χ3n) is 3.13. The third kappa shape index (κ3) is 2.54. The number of ether oxygens (including phenoxy) is 1. The molecule has 3 heteroatoms. The van der Waals surface area contributed by atoms with Crippen LogP contribution >= 0.6 is 0 Å². The molecule has 1 atom stereocenters. The normalized spacial score (nSPS) is 18.6. The van der Waals surface area contributed by atoms with E-state index in [9.17, 15) is 9.59 Å². The maximum atomic E-state index is 12.1. The smallest absolute Gasteiger partial charge is 0.306 e. The average Bonchev–Trinajstić information content (AvgIpc) is 2.33. The zero-order valence-electron chi connectivity index (χ0n) is 9.94. The van der Waals surface area contributed by atoms with Crippen molar-refractivity contribution in [3.8, 4) is 0 Å². The van der Waals surface area contributed by atoms with Crippen LogP contribution in [0.25, 0.3) is 0 Å². The number of aryl methyl sites for hydroxylation is 1. The van der Waals surface area contributed by atoms with E-state index in [0.717, 1.165) is 24.0 Å². The zero-order chi connectivity index (χ0) is 12.3. The number of hydrogen-bond donors (Lipinski definition) is 0. The number of esters is 1.